The Balaban J connectivity index is 1.09. The van der Waals surface area contributed by atoms with Crippen LogP contribution in [0.3, 0.4) is 0 Å². The van der Waals surface area contributed by atoms with Gasteiger partial charge in [0.2, 0.25) is 5.88 Å². The quantitative estimate of drug-likeness (QED) is 0.102. The van der Waals surface area contributed by atoms with Crippen molar-refractivity contribution in [2.24, 2.45) is 4.99 Å². The number of likely N-dealkylation sites (tertiary alicyclic amines) is 1. The maximum Gasteiger partial charge on any atom is 0.338 e. The minimum atomic E-state index is -0.570. The van der Waals surface area contributed by atoms with Crippen molar-refractivity contribution in [1.29, 1.82) is 0 Å². The number of rotatable bonds is 10. The van der Waals surface area contributed by atoms with Gasteiger partial charge < -0.3 is 23.5 Å². The summed E-state index contributed by atoms with van der Waals surface area (Å²) in [6.07, 6.45) is 3.05. The molecule has 254 valence electrons. The lowest BCUT2D eigenvalue weighted by molar-refractivity contribution is -0.0592. The van der Waals surface area contributed by atoms with Gasteiger partial charge in [0, 0.05) is 42.8 Å². The molecule has 0 amide bonds. The van der Waals surface area contributed by atoms with Crippen molar-refractivity contribution in [1.82, 2.24) is 19.4 Å². The number of halogens is 1. The fourth-order valence-corrected chi connectivity index (χ4v) is 6.02. The van der Waals surface area contributed by atoms with Crippen molar-refractivity contribution in [2.45, 2.75) is 84.3 Å². The molecular formula is C37H44FN5O5. The second kappa shape index (κ2) is 14.4. The molecule has 2 fully saturated rings. The van der Waals surface area contributed by atoms with E-state index < -0.39 is 5.60 Å². The molecular weight excluding hydrogens is 613 g/mol. The molecule has 4 aromatic rings. The van der Waals surface area contributed by atoms with Crippen LogP contribution in [0.2, 0.25) is 0 Å². The average Bonchev–Trinajstić information content (AvgIpc) is 3.37. The number of carbonyl (C=O) groups is 1. The van der Waals surface area contributed by atoms with Crippen molar-refractivity contribution >= 4 is 28.6 Å². The van der Waals surface area contributed by atoms with E-state index in [1.54, 1.807) is 25.1 Å². The Morgan fingerprint density at radius 2 is 1.85 bits per heavy atom. The largest absolute Gasteiger partial charge is 0.484 e. The van der Waals surface area contributed by atoms with Gasteiger partial charge in [-0.2, -0.15) is 0 Å². The Morgan fingerprint density at radius 1 is 1.06 bits per heavy atom. The molecule has 0 aliphatic carbocycles. The number of hydrogen-bond acceptors (Lipinski definition) is 9. The summed E-state index contributed by atoms with van der Waals surface area (Å²) in [6.45, 7) is 11.4. The zero-order valence-electron chi connectivity index (χ0n) is 28.4. The first-order valence-electron chi connectivity index (χ1n) is 16.6. The molecule has 4 heterocycles. The average molecular weight is 658 g/mol. The maximum absolute atomic E-state index is 14.7. The molecule has 1 unspecified atom stereocenters. The molecule has 10 nitrogen and oxygen atoms in total. The second-order valence-electron chi connectivity index (χ2n) is 13.5. The molecule has 0 N–H and O–H groups in total. The van der Waals surface area contributed by atoms with Crippen LogP contribution in [0.1, 0.15) is 80.3 Å². The number of piperidine rings is 1. The highest BCUT2D eigenvalue weighted by Gasteiger charge is 2.27. The first kappa shape index (κ1) is 33.5. The van der Waals surface area contributed by atoms with Crippen molar-refractivity contribution in [3.8, 4) is 5.88 Å². The Kier molecular flexibility index (Phi) is 10.1. The van der Waals surface area contributed by atoms with Gasteiger partial charge in [-0.1, -0.05) is 12.1 Å². The molecule has 0 bridgehead atoms. The highest BCUT2D eigenvalue weighted by Crippen LogP contribution is 2.30. The standard InChI is InChI=1S/C37H44FN5O5/c1-24(45-5)39-28-11-9-27(30(38)20-28)23-47-35-8-6-7-31(41-35)25-13-16-42(17-14-25)22-34-40-32-12-10-26(36(44)48-37(2,3)4)19-33(32)43(34)21-29-15-18-46-29/h6-12,19-20,25,29H,13-18,21-23H2,1-5H3. The summed E-state index contributed by atoms with van der Waals surface area (Å²) in [4.78, 5) is 29.3. The van der Waals surface area contributed by atoms with Gasteiger partial charge in [0.15, 0.2) is 5.90 Å². The van der Waals surface area contributed by atoms with E-state index in [9.17, 15) is 9.18 Å². The van der Waals surface area contributed by atoms with Crippen LogP contribution in [0.4, 0.5) is 10.1 Å². The van der Waals surface area contributed by atoms with E-state index >= 15 is 0 Å². The summed E-state index contributed by atoms with van der Waals surface area (Å²) in [6, 6.07) is 16.2. The summed E-state index contributed by atoms with van der Waals surface area (Å²) in [5.41, 5.74) is 3.63. The molecule has 2 saturated heterocycles. The molecule has 6 rings (SSSR count). The minimum Gasteiger partial charge on any atom is -0.484 e. The topological polar surface area (TPSA) is 100 Å². The summed E-state index contributed by atoms with van der Waals surface area (Å²) in [5.74, 6) is 1.47. The predicted octanol–water partition coefficient (Wildman–Crippen LogP) is 6.97. The molecule has 0 spiro atoms. The smallest absolute Gasteiger partial charge is 0.338 e. The van der Waals surface area contributed by atoms with Crippen LogP contribution in [0.5, 0.6) is 5.88 Å². The Bertz CT molecular complexity index is 1790. The van der Waals surface area contributed by atoms with Crippen molar-refractivity contribution in [3.63, 3.8) is 0 Å². The molecule has 48 heavy (non-hydrogen) atoms. The zero-order valence-corrected chi connectivity index (χ0v) is 28.4. The molecule has 0 radical (unpaired) electrons. The molecule has 0 saturated carbocycles. The van der Waals surface area contributed by atoms with E-state index in [0.29, 0.717) is 47.6 Å². The van der Waals surface area contributed by atoms with Crippen LogP contribution >= 0.6 is 0 Å². The lowest BCUT2D eigenvalue weighted by Gasteiger charge is -2.32. The number of hydrogen-bond donors (Lipinski definition) is 0. The number of nitrogens with zero attached hydrogens (tertiary/aromatic N) is 5. The summed E-state index contributed by atoms with van der Waals surface area (Å²) < 4.78 is 39.3. The molecule has 11 heteroatoms. The predicted molar refractivity (Wildman–Crippen MR) is 181 cm³/mol. The highest BCUT2D eigenvalue weighted by molar-refractivity contribution is 5.94. The number of pyridine rings is 1. The van der Waals surface area contributed by atoms with E-state index in [2.05, 4.69) is 14.5 Å². The van der Waals surface area contributed by atoms with Crippen LogP contribution in [-0.2, 0) is 33.9 Å². The lowest BCUT2D eigenvalue weighted by Crippen LogP contribution is -2.35. The van der Waals surface area contributed by atoms with E-state index in [0.717, 1.165) is 61.5 Å². The third-order valence-corrected chi connectivity index (χ3v) is 8.75. The fraction of sp³-hybridized carbons (Fsp3) is 0.459. The van der Waals surface area contributed by atoms with Gasteiger partial charge in [-0.25, -0.2) is 24.1 Å². The number of methoxy groups -OCH3 is 1. The number of ether oxygens (including phenoxy) is 4. The number of esters is 1. The van der Waals surface area contributed by atoms with Gasteiger partial charge in [-0.15, -0.1) is 0 Å². The lowest BCUT2D eigenvalue weighted by atomic mass is 9.93. The van der Waals surface area contributed by atoms with Crippen LogP contribution in [0, 0.1) is 5.82 Å². The molecule has 2 aliphatic rings. The number of carbonyl (C=O) groups excluding carboxylic acids is 1. The second-order valence-corrected chi connectivity index (χ2v) is 13.5. The van der Waals surface area contributed by atoms with Crippen LogP contribution < -0.4 is 4.74 Å². The highest BCUT2D eigenvalue weighted by atomic mass is 19.1. The van der Waals surface area contributed by atoms with Gasteiger partial charge in [0.25, 0.3) is 0 Å². The van der Waals surface area contributed by atoms with Crippen molar-refractivity contribution in [3.05, 3.63) is 83.1 Å². The molecule has 1 atom stereocenters. The summed E-state index contributed by atoms with van der Waals surface area (Å²) in [5, 5.41) is 0. The number of benzene rings is 2. The summed E-state index contributed by atoms with van der Waals surface area (Å²) >= 11 is 0. The Hall–Kier alpha value is -4.35. The third-order valence-electron chi connectivity index (χ3n) is 8.75. The minimum absolute atomic E-state index is 0.0696. The SMILES string of the molecule is COC(C)=Nc1ccc(COc2cccc(C3CCN(Cc4nc5ccc(C(=O)OC(C)(C)C)cc5n4CC4CCO4)CC3)n2)c(F)c1. The zero-order chi connectivity index (χ0) is 33.8. The van der Waals surface area contributed by atoms with E-state index in [1.807, 2.05) is 51.1 Å². The van der Waals surface area contributed by atoms with Gasteiger partial charge in [-0.3, -0.25) is 4.90 Å². The molecule has 2 aromatic heterocycles. The Morgan fingerprint density at radius 3 is 2.54 bits per heavy atom. The van der Waals surface area contributed by atoms with E-state index in [4.69, 9.17) is 28.9 Å². The van der Waals surface area contributed by atoms with Crippen LogP contribution in [0.25, 0.3) is 11.0 Å². The fourth-order valence-electron chi connectivity index (χ4n) is 6.02. The third kappa shape index (κ3) is 8.19. The number of imidazole rings is 1. The monoisotopic (exact) mass is 657 g/mol. The Labute approximate surface area is 280 Å². The van der Waals surface area contributed by atoms with Gasteiger partial charge in [-0.05, 0) is 83.5 Å². The van der Waals surface area contributed by atoms with E-state index in [-0.39, 0.29) is 24.5 Å². The first-order chi connectivity index (χ1) is 23.0. The number of aromatic nitrogens is 3. The number of fused-ring (bicyclic) bond motifs is 1. The molecule has 2 aliphatic heterocycles. The van der Waals surface area contributed by atoms with Crippen molar-refractivity contribution in [2.75, 3.05) is 26.8 Å². The van der Waals surface area contributed by atoms with Crippen molar-refractivity contribution < 1.29 is 28.1 Å². The van der Waals surface area contributed by atoms with Crippen LogP contribution in [-0.4, -0.2) is 69.8 Å². The van der Waals surface area contributed by atoms with Crippen LogP contribution in [0.15, 0.2) is 59.6 Å². The van der Waals surface area contributed by atoms with Gasteiger partial charge >= 0.3 is 5.97 Å². The first-order valence-corrected chi connectivity index (χ1v) is 16.6. The summed E-state index contributed by atoms with van der Waals surface area (Å²) in [7, 11) is 1.53. The maximum atomic E-state index is 14.7. The van der Waals surface area contributed by atoms with Gasteiger partial charge in [0.1, 0.15) is 23.8 Å². The van der Waals surface area contributed by atoms with Gasteiger partial charge in [0.05, 0.1) is 48.6 Å². The molecule has 2 aromatic carbocycles. The van der Waals surface area contributed by atoms with E-state index in [1.165, 1.54) is 13.2 Å². The number of aliphatic imine (C=N–C) groups is 1. The normalized spacial score (nSPS) is 17.7.